The first kappa shape index (κ1) is 14.0. The number of nitrogens with zero attached hydrogens (tertiary/aromatic N) is 3. The Morgan fingerprint density at radius 2 is 2.05 bits per heavy atom. The number of aromatic nitrogens is 3. The summed E-state index contributed by atoms with van der Waals surface area (Å²) in [5.41, 5.74) is 3.66. The van der Waals surface area contributed by atoms with Gasteiger partial charge in [-0.3, -0.25) is 0 Å². The predicted octanol–water partition coefficient (Wildman–Crippen LogP) is 3.49. The van der Waals surface area contributed by atoms with E-state index < -0.39 is 0 Å². The number of hydrogen-bond donors (Lipinski definition) is 1. The zero-order chi connectivity index (χ0) is 14.7. The minimum atomic E-state index is 0.316. The number of benzene rings is 1. The highest BCUT2D eigenvalue weighted by molar-refractivity contribution is 7.10. The van der Waals surface area contributed by atoms with Crippen LogP contribution in [-0.2, 0) is 6.54 Å². The Kier molecular flexibility index (Phi) is 4.13. The maximum atomic E-state index is 4.13. The molecule has 0 saturated carbocycles. The van der Waals surface area contributed by atoms with Crippen molar-refractivity contribution >= 4 is 11.3 Å². The molecule has 108 valence electrons. The molecule has 21 heavy (non-hydrogen) atoms. The molecule has 3 aromatic rings. The van der Waals surface area contributed by atoms with Crippen molar-refractivity contribution in [3.63, 3.8) is 0 Å². The average Bonchev–Trinajstić information content (AvgIpc) is 3.17. The molecule has 1 N–H and O–H groups in total. The Hall–Kier alpha value is -1.98. The highest BCUT2D eigenvalue weighted by Gasteiger charge is 2.07. The van der Waals surface area contributed by atoms with Crippen LogP contribution in [-0.4, -0.2) is 14.8 Å². The van der Waals surface area contributed by atoms with Crippen LogP contribution in [0, 0.1) is 6.92 Å². The smallest absolute Gasteiger partial charge is 0.138 e. The van der Waals surface area contributed by atoms with Gasteiger partial charge in [0.2, 0.25) is 0 Å². The highest BCUT2D eigenvalue weighted by atomic mass is 32.1. The van der Waals surface area contributed by atoms with Crippen LogP contribution in [0.4, 0.5) is 0 Å². The van der Waals surface area contributed by atoms with Gasteiger partial charge in [0.1, 0.15) is 12.7 Å². The maximum Gasteiger partial charge on any atom is 0.138 e. The molecule has 0 aliphatic carbocycles. The summed E-state index contributed by atoms with van der Waals surface area (Å²) in [6, 6.07) is 10.9. The van der Waals surface area contributed by atoms with Crippen LogP contribution < -0.4 is 5.32 Å². The van der Waals surface area contributed by atoms with Gasteiger partial charge in [0.05, 0.1) is 5.69 Å². The Morgan fingerprint density at radius 3 is 2.67 bits per heavy atom. The summed E-state index contributed by atoms with van der Waals surface area (Å²) in [7, 11) is 0. The fourth-order valence-electron chi connectivity index (χ4n) is 2.21. The quantitative estimate of drug-likeness (QED) is 0.784. The molecular formula is C16H18N4S. The first-order chi connectivity index (χ1) is 10.2. The second kappa shape index (κ2) is 6.20. The summed E-state index contributed by atoms with van der Waals surface area (Å²) in [5, 5.41) is 9.85. The van der Waals surface area contributed by atoms with E-state index in [4.69, 9.17) is 0 Å². The molecule has 2 aromatic heterocycles. The summed E-state index contributed by atoms with van der Waals surface area (Å²) < 4.78 is 1.76. The summed E-state index contributed by atoms with van der Waals surface area (Å²) >= 11 is 1.81. The van der Waals surface area contributed by atoms with E-state index in [0.29, 0.717) is 6.04 Å². The maximum absolute atomic E-state index is 4.13. The third-order valence-corrected chi connectivity index (χ3v) is 4.64. The van der Waals surface area contributed by atoms with Gasteiger partial charge in [0, 0.05) is 17.5 Å². The fourth-order valence-corrected chi connectivity index (χ4v) is 3.06. The zero-order valence-electron chi connectivity index (χ0n) is 12.2. The van der Waals surface area contributed by atoms with Crippen molar-refractivity contribution in [2.75, 3.05) is 0 Å². The van der Waals surface area contributed by atoms with Crippen molar-refractivity contribution in [3.05, 3.63) is 64.4 Å². The molecule has 3 rings (SSSR count). The van der Waals surface area contributed by atoms with E-state index in [-0.39, 0.29) is 0 Å². The van der Waals surface area contributed by atoms with Gasteiger partial charge < -0.3 is 5.32 Å². The molecule has 5 heteroatoms. The Morgan fingerprint density at radius 1 is 1.24 bits per heavy atom. The normalized spacial score (nSPS) is 12.5. The molecule has 0 aliphatic rings. The molecule has 0 aliphatic heterocycles. The SMILES string of the molecule is Cc1ccsc1CNC(C)c1ccc(-n2cncn2)cc1. The molecule has 2 heterocycles. The van der Waals surface area contributed by atoms with Gasteiger partial charge >= 0.3 is 0 Å². The van der Waals surface area contributed by atoms with Crippen LogP contribution in [0.25, 0.3) is 5.69 Å². The molecule has 0 spiro atoms. The van der Waals surface area contributed by atoms with E-state index in [1.807, 2.05) is 0 Å². The lowest BCUT2D eigenvalue weighted by molar-refractivity contribution is 0.577. The number of rotatable bonds is 5. The van der Waals surface area contributed by atoms with Crippen molar-refractivity contribution in [3.8, 4) is 5.69 Å². The van der Waals surface area contributed by atoms with Gasteiger partial charge in [-0.25, -0.2) is 9.67 Å². The summed E-state index contributed by atoms with van der Waals surface area (Å²) in [6.07, 6.45) is 3.25. The molecule has 0 amide bonds. The van der Waals surface area contributed by atoms with Gasteiger partial charge in [-0.05, 0) is 48.6 Å². The molecule has 0 fully saturated rings. The van der Waals surface area contributed by atoms with Crippen molar-refractivity contribution in [2.24, 2.45) is 0 Å². The monoisotopic (exact) mass is 298 g/mol. The van der Waals surface area contributed by atoms with E-state index in [2.05, 4.69) is 65.0 Å². The Labute approximate surface area is 128 Å². The van der Waals surface area contributed by atoms with Crippen molar-refractivity contribution in [2.45, 2.75) is 26.4 Å². The predicted molar refractivity (Wildman–Crippen MR) is 85.7 cm³/mol. The second-order valence-electron chi connectivity index (χ2n) is 5.06. The lowest BCUT2D eigenvalue weighted by Crippen LogP contribution is -2.17. The van der Waals surface area contributed by atoms with Crippen molar-refractivity contribution in [1.82, 2.24) is 20.1 Å². The first-order valence-electron chi connectivity index (χ1n) is 6.95. The fraction of sp³-hybridized carbons (Fsp3) is 0.250. The average molecular weight is 298 g/mol. The van der Waals surface area contributed by atoms with Crippen LogP contribution in [0.1, 0.15) is 29.0 Å². The van der Waals surface area contributed by atoms with Crippen LogP contribution in [0.5, 0.6) is 0 Å². The molecule has 0 radical (unpaired) electrons. The second-order valence-corrected chi connectivity index (χ2v) is 6.06. The van der Waals surface area contributed by atoms with Crippen molar-refractivity contribution < 1.29 is 0 Å². The van der Waals surface area contributed by atoms with E-state index in [0.717, 1.165) is 12.2 Å². The molecule has 0 saturated heterocycles. The third-order valence-electron chi connectivity index (χ3n) is 3.61. The molecule has 1 aromatic carbocycles. The lowest BCUT2D eigenvalue weighted by Gasteiger charge is -2.14. The lowest BCUT2D eigenvalue weighted by atomic mass is 10.1. The number of hydrogen-bond acceptors (Lipinski definition) is 4. The van der Waals surface area contributed by atoms with Gasteiger partial charge in [-0.1, -0.05) is 12.1 Å². The van der Waals surface area contributed by atoms with Crippen LogP contribution in [0.3, 0.4) is 0 Å². The number of thiophene rings is 1. The first-order valence-corrected chi connectivity index (χ1v) is 7.83. The summed E-state index contributed by atoms with van der Waals surface area (Å²) in [5.74, 6) is 0. The van der Waals surface area contributed by atoms with Gasteiger partial charge in [-0.2, -0.15) is 5.10 Å². The van der Waals surface area contributed by atoms with E-state index in [1.165, 1.54) is 16.0 Å². The summed E-state index contributed by atoms with van der Waals surface area (Å²) in [4.78, 5) is 5.37. The van der Waals surface area contributed by atoms with E-state index in [1.54, 1.807) is 28.7 Å². The summed E-state index contributed by atoms with van der Waals surface area (Å²) in [6.45, 7) is 5.26. The van der Waals surface area contributed by atoms with Gasteiger partial charge in [0.15, 0.2) is 0 Å². The molecular weight excluding hydrogens is 280 g/mol. The van der Waals surface area contributed by atoms with E-state index in [9.17, 15) is 0 Å². The van der Waals surface area contributed by atoms with Crippen LogP contribution >= 0.6 is 11.3 Å². The number of nitrogens with one attached hydrogen (secondary N) is 1. The van der Waals surface area contributed by atoms with Crippen LogP contribution in [0.15, 0.2) is 48.4 Å². The number of aryl methyl sites for hydroxylation is 1. The van der Waals surface area contributed by atoms with Gasteiger partial charge in [-0.15, -0.1) is 11.3 Å². The van der Waals surface area contributed by atoms with Crippen LogP contribution in [0.2, 0.25) is 0 Å². The minimum absolute atomic E-state index is 0.316. The van der Waals surface area contributed by atoms with E-state index >= 15 is 0 Å². The Balaban J connectivity index is 1.65. The molecule has 4 nitrogen and oxygen atoms in total. The zero-order valence-corrected chi connectivity index (χ0v) is 13.0. The molecule has 1 unspecified atom stereocenters. The third kappa shape index (κ3) is 3.20. The largest absolute Gasteiger partial charge is 0.305 e. The van der Waals surface area contributed by atoms with Gasteiger partial charge in [0.25, 0.3) is 0 Å². The molecule has 1 atom stereocenters. The Bertz CT molecular complexity index is 685. The standard InChI is InChI=1S/C16H18N4S/c1-12-7-8-21-16(12)9-18-13(2)14-3-5-15(6-4-14)20-11-17-10-19-20/h3-8,10-11,13,18H,9H2,1-2H3. The van der Waals surface area contributed by atoms with Crippen molar-refractivity contribution in [1.29, 1.82) is 0 Å². The highest BCUT2D eigenvalue weighted by Crippen LogP contribution is 2.19. The topological polar surface area (TPSA) is 42.7 Å². The molecule has 0 bridgehead atoms. The minimum Gasteiger partial charge on any atom is -0.305 e.